The molecule has 1 aliphatic rings. The summed E-state index contributed by atoms with van der Waals surface area (Å²) in [4.78, 5) is 0. The van der Waals surface area contributed by atoms with E-state index in [1.807, 2.05) is 18.2 Å². The molecule has 134 valence electrons. The Hall–Kier alpha value is -1.96. The normalized spacial score (nSPS) is 16.7. The van der Waals surface area contributed by atoms with Gasteiger partial charge in [-0.25, -0.2) is 0 Å². The summed E-state index contributed by atoms with van der Waals surface area (Å²) in [5.74, 6) is 0. The van der Waals surface area contributed by atoms with E-state index in [0.717, 1.165) is 11.4 Å². The number of hydrogen-bond donors (Lipinski definition) is 2. The van der Waals surface area contributed by atoms with E-state index in [9.17, 15) is 0 Å². The highest BCUT2D eigenvalue weighted by atomic mass is 14.6. The first-order chi connectivity index (χ1) is 12.1. The molecule has 0 atom stereocenters. The molecule has 4 N–H and O–H groups in total. The van der Waals surface area contributed by atoms with Gasteiger partial charge in [-0.1, -0.05) is 63.6 Å². The summed E-state index contributed by atoms with van der Waals surface area (Å²) in [5.41, 5.74) is 18.2. The zero-order valence-corrected chi connectivity index (χ0v) is 15.6. The smallest absolute Gasteiger partial charge is 0.0317 e. The maximum atomic E-state index is 6.23. The minimum atomic E-state index is 0.291. The molecular formula is C23H32N2. The van der Waals surface area contributed by atoms with Crippen molar-refractivity contribution in [3.8, 4) is 11.1 Å². The fourth-order valence-electron chi connectivity index (χ4n) is 4.51. The van der Waals surface area contributed by atoms with Crippen LogP contribution in [0.3, 0.4) is 0 Å². The molecule has 2 aromatic carbocycles. The standard InChI is InChI=1S/C23H32N2/c1-2-3-5-14-23(15-6-4-7-16-23)22-17-20(25)12-13-21(22)18-8-10-19(24)11-9-18/h8-13,17H,2-7,14-16,24-25H2,1H3. The second-order valence-corrected chi connectivity index (χ2v) is 7.73. The van der Waals surface area contributed by atoms with Crippen LogP contribution in [0.5, 0.6) is 0 Å². The SMILES string of the molecule is CCCCCC1(c2cc(N)ccc2-c2ccc(N)cc2)CCCCC1. The summed E-state index contributed by atoms with van der Waals surface area (Å²) in [5, 5.41) is 0. The molecule has 0 unspecified atom stereocenters. The number of nitrogen functional groups attached to an aromatic ring is 2. The highest BCUT2D eigenvalue weighted by Gasteiger charge is 2.35. The van der Waals surface area contributed by atoms with E-state index < -0.39 is 0 Å². The van der Waals surface area contributed by atoms with Crippen molar-refractivity contribution in [2.24, 2.45) is 0 Å². The van der Waals surface area contributed by atoms with E-state index in [0.29, 0.717) is 5.41 Å². The molecule has 0 aromatic heterocycles. The van der Waals surface area contributed by atoms with Crippen molar-refractivity contribution in [2.45, 2.75) is 70.1 Å². The Morgan fingerprint density at radius 1 is 0.840 bits per heavy atom. The Morgan fingerprint density at radius 3 is 2.20 bits per heavy atom. The zero-order chi connectivity index (χ0) is 17.7. The molecule has 0 saturated heterocycles. The largest absolute Gasteiger partial charge is 0.399 e. The molecule has 1 fully saturated rings. The van der Waals surface area contributed by atoms with Gasteiger partial charge in [0, 0.05) is 11.4 Å². The molecule has 1 aliphatic carbocycles. The molecule has 2 heteroatoms. The van der Waals surface area contributed by atoms with Crippen molar-refractivity contribution in [3.05, 3.63) is 48.0 Å². The molecule has 2 aromatic rings. The molecule has 0 amide bonds. The van der Waals surface area contributed by atoms with Crippen LogP contribution >= 0.6 is 0 Å². The van der Waals surface area contributed by atoms with Crippen LogP contribution in [0.4, 0.5) is 11.4 Å². The third-order valence-corrected chi connectivity index (χ3v) is 5.91. The topological polar surface area (TPSA) is 52.0 Å². The zero-order valence-electron chi connectivity index (χ0n) is 15.6. The van der Waals surface area contributed by atoms with Gasteiger partial charge in [0.1, 0.15) is 0 Å². The highest BCUT2D eigenvalue weighted by Crippen LogP contribution is 2.47. The van der Waals surface area contributed by atoms with E-state index in [1.54, 1.807) is 0 Å². The number of unbranched alkanes of at least 4 members (excludes halogenated alkanes) is 2. The summed E-state index contributed by atoms with van der Waals surface area (Å²) in [6, 6.07) is 14.8. The van der Waals surface area contributed by atoms with E-state index in [4.69, 9.17) is 11.5 Å². The van der Waals surface area contributed by atoms with Gasteiger partial charge in [-0.05, 0) is 65.6 Å². The van der Waals surface area contributed by atoms with Crippen LogP contribution in [0, 0.1) is 0 Å². The quantitative estimate of drug-likeness (QED) is 0.480. The Morgan fingerprint density at radius 2 is 1.52 bits per heavy atom. The number of hydrogen-bond acceptors (Lipinski definition) is 2. The first-order valence-electron chi connectivity index (χ1n) is 9.90. The van der Waals surface area contributed by atoms with Crippen LogP contribution in [0.2, 0.25) is 0 Å². The van der Waals surface area contributed by atoms with Crippen LogP contribution in [-0.4, -0.2) is 0 Å². The van der Waals surface area contributed by atoms with Gasteiger partial charge in [0.05, 0.1) is 0 Å². The lowest BCUT2D eigenvalue weighted by atomic mass is 9.65. The molecule has 0 aliphatic heterocycles. The summed E-state index contributed by atoms with van der Waals surface area (Å²) < 4.78 is 0. The third kappa shape index (κ3) is 4.00. The predicted octanol–water partition coefficient (Wildman–Crippen LogP) is 6.30. The van der Waals surface area contributed by atoms with Gasteiger partial charge in [0.2, 0.25) is 0 Å². The van der Waals surface area contributed by atoms with Gasteiger partial charge in [-0.3, -0.25) is 0 Å². The Labute approximate surface area is 152 Å². The summed E-state index contributed by atoms with van der Waals surface area (Å²) in [6.45, 7) is 2.29. The van der Waals surface area contributed by atoms with Gasteiger partial charge in [0.25, 0.3) is 0 Å². The van der Waals surface area contributed by atoms with E-state index in [-0.39, 0.29) is 0 Å². The van der Waals surface area contributed by atoms with Crippen molar-refractivity contribution in [3.63, 3.8) is 0 Å². The number of benzene rings is 2. The maximum Gasteiger partial charge on any atom is 0.0317 e. The molecule has 1 saturated carbocycles. The Kier molecular flexibility index (Phi) is 5.67. The second kappa shape index (κ2) is 7.95. The molecule has 0 heterocycles. The van der Waals surface area contributed by atoms with Gasteiger partial charge < -0.3 is 11.5 Å². The van der Waals surface area contributed by atoms with Crippen LogP contribution in [0.15, 0.2) is 42.5 Å². The average Bonchev–Trinajstić information content (AvgIpc) is 2.64. The van der Waals surface area contributed by atoms with Crippen LogP contribution in [0.1, 0.15) is 70.3 Å². The lowest BCUT2D eigenvalue weighted by molar-refractivity contribution is 0.267. The van der Waals surface area contributed by atoms with Gasteiger partial charge in [-0.2, -0.15) is 0 Å². The molecule has 25 heavy (non-hydrogen) atoms. The maximum absolute atomic E-state index is 6.23. The van der Waals surface area contributed by atoms with Gasteiger partial charge in [0.15, 0.2) is 0 Å². The molecule has 0 spiro atoms. The van der Waals surface area contributed by atoms with Crippen LogP contribution in [-0.2, 0) is 5.41 Å². The summed E-state index contributed by atoms with van der Waals surface area (Å²) in [6.07, 6.45) is 11.8. The summed E-state index contributed by atoms with van der Waals surface area (Å²) >= 11 is 0. The predicted molar refractivity (Wildman–Crippen MR) is 110 cm³/mol. The van der Waals surface area contributed by atoms with E-state index in [2.05, 4.69) is 31.2 Å². The third-order valence-electron chi connectivity index (χ3n) is 5.91. The van der Waals surface area contributed by atoms with E-state index >= 15 is 0 Å². The lowest BCUT2D eigenvalue weighted by Gasteiger charge is -2.40. The summed E-state index contributed by atoms with van der Waals surface area (Å²) in [7, 11) is 0. The minimum absolute atomic E-state index is 0.291. The van der Waals surface area contributed by atoms with Crippen molar-refractivity contribution in [2.75, 3.05) is 11.5 Å². The van der Waals surface area contributed by atoms with Gasteiger partial charge in [-0.15, -0.1) is 0 Å². The van der Waals surface area contributed by atoms with Crippen molar-refractivity contribution in [1.82, 2.24) is 0 Å². The monoisotopic (exact) mass is 336 g/mol. The Balaban J connectivity index is 2.05. The average molecular weight is 337 g/mol. The van der Waals surface area contributed by atoms with Crippen LogP contribution < -0.4 is 11.5 Å². The molecule has 0 bridgehead atoms. The minimum Gasteiger partial charge on any atom is -0.399 e. The van der Waals surface area contributed by atoms with Crippen molar-refractivity contribution < 1.29 is 0 Å². The first-order valence-corrected chi connectivity index (χ1v) is 9.90. The fourth-order valence-corrected chi connectivity index (χ4v) is 4.51. The van der Waals surface area contributed by atoms with Crippen molar-refractivity contribution >= 4 is 11.4 Å². The molecule has 0 radical (unpaired) electrons. The number of nitrogens with two attached hydrogens (primary N) is 2. The molecule has 2 nitrogen and oxygen atoms in total. The fraction of sp³-hybridized carbons (Fsp3) is 0.478. The highest BCUT2D eigenvalue weighted by molar-refractivity contribution is 5.72. The molecule has 3 rings (SSSR count). The lowest BCUT2D eigenvalue weighted by Crippen LogP contribution is -2.30. The van der Waals surface area contributed by atoms with Crippen molar-refractivity contribution in [1.29, 1.82) is 0 Å². The molecular weight excluding hydrogens is 304 g/mol. The number of rotatable bonds is 6. The Bertz CT molecular complexity index is 682. The second-order valence-electron chi connectivity index (χ2n) is 7.73. The number of anilines is 2. The van der Waals surface area contributed by atoms with E-state index in [1.165, 1.54) is 74.5 Å². The van der Waals surface area contributed by atoms with Gasteiger partial charge >= 0.3 is 0 Å². The first kappa shape index (κ1) is 17.8. The van der Waals surface area contributed by atoms with Crippen LogP contribution in [0.25, 0.3) is 11.1 Å².